The molecule has 0 spiro atoms. The van der Waals surface area contributed by atoms with Gasteiger partial charge < -0.3 is 20.0 Å². The van der Waals surface area contributed by atoms with Crippen molar-refractivity contribution in [1.29, 1.82) is 0 Å². The number of anilines is 5. The Balaban J connectivity index is 1.08. The lowest BCUT2D eigenvalue weighted by atomic mass is 10.0. The lowest BCUT2D eigenvalue weighted by Gasteiger charge is -2.37. The molecule has 7 rings (SSSR count). The molecular weight excluding hydrogens is 564 g/mol. The highest BCUT2D eigenvalue weighted by atomic mass is 32.2. The van der Waals surface area contributed by atoms with Gasteiger partial charge >= 0.3 is 0 Å². The van der Waals surface area contributed by atoms with E-state index in [-0.39, 0.29) is 4.90 Å². The molecule has 3 aliphatic heterocycles. The van der Waals surface area contributed by atoms with E-state index in [1.54, 1.807) is 42.6 Å². The molecule has 226 valence electrons. The largest absolute Gasteiger partial charge is 0.341 e. The second-order valence-electron chi connectivity index (χ2n) is 11.7. The average molecular weight is 603 g/mol. The molecule has 3 aliphatic rings. The van der Waals surface area contributed by atoms with Crippen molar-refractivity contribution in [1.82, 2.24) is 30.0 Å². The normalized spacial score (nSPS) is 18.8. The predicted octanol–water partition coefficient (Wildman–Crippen LogP) is 4.35. The summed E-state index contributed by atoms with van der Waals surface area (Å²) in [6.07, 6.45) is 10.0. The van der Waals surface area contributed by atoms with E-state index in [1.165, 1.54) is 32.4 Å². The van der Waals surface area contributed by atoms with E-state index in [2.05, 4.69) is 34.9 Å². The van der Waals surface area contributed by atoms with Crippen LogP contribution in [0.2, 0.25) is 0 Å². The van der Waals surface area contributed by atoms with Crippen molar-refractivity contribution in [3.63, 3.8) is 0 Å². The van der Waals surface area contributed by atoms with Crippen LogP contribution in [-0.2, 0) is 10.0 Å². The highest BCUT2D eigenvalue weighted by Crippen LogP contribution is 2.27. The molecule has 0 radical (unpaired) electrons. The number of aromatic nitrogens is 5. The predicted molar refractivity (Wildman–Crippen MR) is 169 cm³/mol. The van der Waals surface area contributed by atoms with Gasteiger partial charge in [0.2, 0.25) is 17.8 Å². The maximum absolute atomic E-state index is 13.1. The van der Waals surface area contributed by atoms with Gasteiger partial charge in [0.05, 0.1) is 22.3 Å². The van der Waals surface area contributed by atoms with E-state index in [9.17, 15) is 8.42 Å². The van der Waals surface area contributed by atoms with Crippen molar-refractivity contribution in [3.8, 4) is 0 Å². The Morgan fingerprint density at radius 2 is 1.40 bits per heavy atom. The molecule has 0 unspecified atom stereocenters. The van der Waals surface area contributed by atoms with E-state index < -0.39 is 10.0 Å². The minimum absolute atomic E-state index is 0.161. The van der Waals surface area contributed by atoms with Crippen LogP contribution in [0.1, 0.15) is 44.9 Å². The maximum Gasteiger partial charge on any atom is 0.261 e. The van der Waals surface area contributed by atoms with Crippen molar-refractivity contribution >= 4 is 50.1 Å². The quantitative estimate of drug-likeness (QED) is 0.267. The summed E-state index contributed by atoms with van der Waals surface area (Å²) in [6.45, 7) is 6.18. The van der Waals surface area contributed by atoms with Gasteiger partial charge in [-0.3, -0.25) is 9.82 Å². The Kier molecular flexibility index (Phi) is 7.74. The van der Waals surface area contributed by atoms with Crippen LogP contribution in [0.3, 0.4) is 0 Å². The molecule has 0 atom stereocenters. The number of sulfonamides is 1. The van der Waals surface area contributed by atoms with Gasteiger partial charge in [0.25, 0.3) is 10.0 Å². The fourth-order valence-electron chi connectivity index (χ4n) is 6.39. The van der Waals surface area contributed by atoms with E-state index in [0.717, 1.165) is 62.8 Å². The number of aromatic amines is 1. The monoisotopic (exact) mass is 602 g/mol. The number of benzene rings is 2. The number of nitrogens with one attached hydrogen (secondary N) is 3. The zero-order valence-electron chi connectivity index (χ0n) is 24.2. The van der Waals surface area contributed by atoms with Crippen LogP contribution in [0.25, 0.3) is 10.9 Å². The summed E-state index contributed by atoms with van der Waals surface area (Å²) in [6, 6.07) is 12.5. The fraction of sp³-hybridized carbons (Fsp3) is 0.467. The summed E-state index contributed by atoms with van der Waals surface area (Å²) in [5.74, 6) is 1.87. The molecule has 43 heavy (non-hydrogen) atoms. The number of rotatable bonds is 8. The molecule has 4 aromatic rings. The van der Waals surface area contributed by atoms with Gasteiger partial charge in [0, 0.05) is 43.3 Å². The number of hydrogen-bond acceptors (Lipinski definition) is 10. The topological polar surface area (TPSA) is 135 Å². The number of likely N-dealkylation sites (tertiary alicyclic amines) is 1. The zero-order valence-corrected chi connectivity index (χ0v) is 25.1. The third-order valence-corrected chi connectivity index (χ3v) is 10.2. The standard InChI is InChI=1S/C30H38N10O2S/c41-43(42,37-24-7-6-22-21-31-36-27(22)20-24)26-10-8-23(9-11-26)32-28-33-29(39-16-2-1-3-17-39)35-30(34-28)40-18-12-25(13-19-40)38-14-4-5-15-38/h6-11,20-21,25,37H,1-5,12-19H2,(H,31,36)(H,32,33,34,35). The molecule has 5 heterocycles. The highest BCUT2D eigenvalue weighted by molar-refractivity contribution is 7.92. The summed E-state index contributed by atoms with van der Waals surface area (Å²) < 4.78 is 28.8. The van der Waals surface area contributed by atoms with Crippen molar-refractivity contribution < 1.29 is 8.42 Å². The summed E-state index contributed by atoms with van der Waals surface area (Å²) in [5, 5.41) is 11.1. The van der Waals surface area contributed by atoms with Crippen molar-refractivity contribution in [2.75, 3.05) is 59.1 Å². The van der Waals surface area contributed by atoms with Gasteiger partial charge in [-0.05, 0) is 100 Å². The Hall–Kier alpha value is -3.97. The first-order chi connectivity index (χ1) is 21.0. The SMILES string of the molecule is O=S(=O)(Nc1ccc2cn[nH]c2c1)c1ccc(Nc2nc(N3CCCCC3)nc(N3CCC(N4CCCC4)CC3)n2)cc1. The molecule has 0 amide bonds. The Morgan fingerprint density at radius 3 is 2.12 bits per heavy atom. The first-order valence-corrected chi connectivity index (χ1v) is 16.8. The van der Waals surface area contributed by atoms with Gasteiger partial charge in [0.1, 0.15) is 0 Å². The molecule has 13 heteroatoms. The van der Waals surface area contributed by atoms with Gasteiger partial charge in [-0.25, -0.2) is 8.42 Å². The zero-order chi connectivity index (χ0) is 29.2. The molecule has 12 nitrogen and oxygen atoms in total. The third-order valence-electron chi connectivity index (χ3n) is 8.77. The highest BCUT2D eigenvalue weighted by Gasteiger charge is 2.28. The second-order valence-corrected chi connectivity index (χ2v) is 13.4. The minimum atomic E-state index is -3.78. The molecular formula is C30H38N10O2S. The number of hydrogen-bond donors (Lipinski definition) is 3. The van der Waals surface area contributed by atoms with Crippen LogP contribution in [0.4, 0.5) is 29.2 Å². The van der Waals surface area contributed by atoms with Crippen LogP contribution in [0.5, 0.6) is 0 Å². The number of nitrogens with zero attached hydrogens (tertiary/aromatic N) is 7. The van der Waals surface area contributed by atoms with Crippen LogP contribution in [-0.4, -0.2) is 83.8 Å². The molecule has 0 saturated carbocycles. The summed E-state index contributed by atoms with van der Waals surface area (Å²) in [4.78, 5) is 21.9. The molecule has 2 aromatic carbocycles. The van der Waals surface area contributed by atoms with Crippen molar-refractivity contribution in [2.24, 2.45) is 0 Å². The first kappa shape index (κ1) is 27.8. The first-order valence-electron chi connectivity index (χ1n) is 15.3. The fourth-order valence-corrected chi connectivity index (χ4v) is 7.43. The van der Waals surface area contributed by atoms with Gasteiger partial charge in [0.15, 0.2) is 0 Å². The lowest BCUT2D eigenvalue weighted by Crippen LogP contribution is -2.44. The third kappa shape index (κ3) is 6.23. The average Bonchev–Trinajstić information content (AvgIpc) is 3.74. The smallest absolute Gasteiger partial charge is 0.261 e. The van der Waals surface area contributed by atoms with Crippen molar-refractivity contribution in [2.45, 2.75) is 55.9 Å². The number of fused-ring (bicyclic) bond motifs is 1. The summed E-state index contributed by atoms with van der Waals surface area (Å²) in [5.41, 5.74) is 1.93. The van der Waals surface area contributed by atoms with Crippen LogP contribution in [0.15, 0.2) is 53.6 Å². The van der Waals surface area contributed by atoms with E-state index >= 15 is 0 Å². The lowest BCUT2D eigenvalue weighted by molar-refractivity contribution is 0.207. The van der Waals surface area contributed by atoms with Gasteiger partial charge in [-0.1, -0.05) is 0 Å². The number of H-pyrrole nitrogens is 1. The van der Waals surface area contributed by atoms with E-state index in [4.69, 9.17) is 15.0 Å². The Morgan fingerprint density at radius 1 is 0.744 bits per heavy atom. The summed E-state index contributed by atoms with van der Waals surface area (Å²) in [7, 11) is -3.78. The molecule has 3 N–H and O–H groups in total. The van der Waals surface area contributed by atoms with Crippen molar-refractivity contribution in [3.05, 3.63) is 48.7 Å². The molecule has 3 saturated heterocycles. The minimum Gasteiger partial charge on any atom is -0.341 e. The second kappa shape index (κ2) is 12.0. The van der Waals surface area contributed by atoms with E-state index in [1.807, 2.05) is 6.07 Å². The Bertz CT molecular complexity index is 1660. The van der Waals surface area contributed by atoms with Gasteiger partial charge in [-0.15, -0.1) is 0 Å². The Labute approximate surface area is 252 Å². The molecule has 3 fully saturated rings. The van der Waals surface area contributed by atoms with Gasteiger partial charge in [-0.2, -0.15) is 20.1 Å². The van der Waals surface area contributed by atoms with E-state index in [0.29, 0.717) is 35.3 Å². The molecule has 0 bridgehead atoms. The number of piperidine rings is 2. The molecule has 2 aromatic heterocycles. The molecule has 0 aliphatic carbocycles. The van der Waals surface area contributed by atoms with Crippen LogP contribution >= 0.6 is 0 Å². The van der Waals surface area contributed by atoms with Crippen LogP contribution in [0, 0.1) is 0 Å². The maximum atomic E-state index is 13.1. The van der Waals surface area contributed by atoms with Crippen LogP contribution < -0.4 is 19.8 Å². The summed E-state index contributed by atoms with van der Waals surface area (Å²) >= 11 is 0.